The highest BCUT2D eigenvalue weighted by Gasteiger charge is 2.28. The molecular weight excluding hydrogens is 318 g/mol. The molecule has 0 spiro atoms. The zero-order chi connectivity index (χ0) is 17.2. The van der Waals surface area contributed by atoms with Crippen LogP contribution in [0.25, 0.3) is 0 Å². The molecule has 7 nitrogen and oxygen atoms in total. The summed E-state index contributed by atoms with van der Waals surface area (Å²) in [7, 11) is 1.62. The van der Waals surface area contributed by atoms with Gasteiger partial charge in [0.15, 0.2) is 5.82 Å². The molecule has 0 aliphatic carbocycles. The van der Waals surface area contributed by atoms with Gasteiger partial charge in [0.2, 0.25) is 0 Å². The molecule has 2 aromatic rings. The van der Waals surface area contributed by atoms with Crippen molar-refractivity contribution in [1.82, 2.24) is 25.0 Å². The van der Waals surface area contributed by atoms with Gasteiger partial charge in [-0.2, -0.15) is 0 Å². The lowest BCUT2D eigenvalue weighted by atomic mass is 9.97. The number of piperidine rings is 1. The van der Waals surface area contributed by atoms with Gasteiger partial charge in [-0.3, -0.25) is 4.79 Å². The van der Waals surface area contributed by atoms with E-state index < -0.39 is 0 Å². The van der Waals surface area contributed by atoms with Gasteiger partial charge in [-0.25, -0.2) is 0 Å². The van der Waals surface area contributed by atoms with E-state index in [0.29, 0.717) is 24.6 Å². The topological polar surface area (TPSA) is 72.3 Å². The van der Waals surface area contributed by atoms with Crippen LogP contribution in [0.5, 0.6) is 5.75 Å². The number of methoxy groups -OCH3 is 1. The van der Waals surface area contributed by atoms with Gasteiger partial charge in [0.1, 0.15) is 11.6 Å². The van der Waals surface area contributed by atoms with Crippen molar-refractivity contribution in [2.75, 3.05) is 26.7 Å². The third-order valence-corrected chi connectivity index (χ3v) is 5.11. The van der Waals surface area contributed by atoms with Gasteiger partial charge >= 0.3 is 0 Å². The van der Waals surface area contributed by atoms with E-state index in [9.17, 15) is 4.79 Å². The van der Waals surface area contributed by atoms with Crippen LogP contribution in [0, 0.1) is 0 Å². The molecule has 1 N–H and O–H groups in total. The molecule has 1 amide bonds. The van der Waals surface area contributed by atoms with Crippen molar-refractivity contribution in [3.63, 3.8) is 0 Å². The molecule has 7 heteroatoms. The Morgan fingerprint density at radius 3 is 2.64 bits per heavy atom. The third kappa shape index (κ3) is 3.11. The predicted octanol–water partition coefficient (Wildman–Crippen LogP) is 1.41. The Bertz CT molecular complexity index is 749. The van der Waals surface area contributed by atoms with Crippen LogP contribution in [0.4, 0.5) is 0 Å². The maximum atomic E-state index is 12.7. The average Bonchev–Trinajstić information content (AvgIpc) is 3.11. The highest BCUT2D eigenvalue weighted by atomic mass is 16.5. The minimum Gasteiger partial charge on any atom is -0.497 e. The quantitative estimate of drug-likeness (QED) is 0.914. The van der Waals surface area contributed by atoms with Crippen molar-refractivity contribution < 1.29 is 9.53 Å². The van der Waals surface area contributed by atoms with E-state index in [1.165, 1.54) is 0 Å². The number of aromatic nitrogens is 3. The van der Waals surface area contributed by atoms with Crippen molar-refractivity contribution in [3.05, 3.63) is 41.5 Å². The van der Waals surface area contributed by atoms with Crippen molar-refractivity contribution >= 4 is 5.91 Å². The third-order valence-electron chi connectivity index (χ3n) is 5.11. The number of carbonyl (C=O) groups is 1. The van der Waals surface area contributed by atoms with Gasteiger partial charge < -0.3 is 19.5 Å². The molecule has 0 saturated carbocycles. The Morgan fingerprint density at radius 2 is 1.92 bits per heavy atom. The van der Waals surface area contributed by atoms with Crippen LogP contribution < -0.4 is 10.1 Å². The molecule has 2 aliphatic heterocycles. The summed E-state index contributed by atoms with van der Waals surface area (Å²) in [6, 6.07) is 7.24. The van der Waals surface area contributed by atoms with Crippen LogP contribution in [0.2, 0.25) is 0 Å². The summed E-state index contributed by atoms with van der Waals surface area (Å²) >= 11 is 0. The van der Waals surface area contributed by atoms with Crippen LogP contribution in [0.1, 0.15) is 40.8 Å². The molecule has 0 bridgehead atoms. The summed E-state index contributed by atoms with van der Waals surface area (Å²) < 4.78 is 7.37. The predicted molar refractivity (Wildman–Crippen MR) is 92.6 cm³/mol. The summed E-state index contributed by atoms with van der Waals surface area (Å²) in [5.74, 6) is 3.24. The Labute approximate surface area is 147 Å². The lowest BCUT2D eigenvalue weighted by Crippen LogP contribution is -2.39. The number of ether oxygens (including phenoxy) is 1. The summed E-state index contributed by atoms with van der Waals surface area (Å²) in [5, 5.41) is 12.2. The Hall–Kier alpha value is -2.41. The molecule has 25 heavy (non-hydrogen) atoms. The first kappa shape index (κ1) is 16.1. The second-order valence-corrected chi connectivity index (χ2v) is 6.61. The largest absolute Gasteiger partial charge is 0.497 e. The van der Waals surface area contributed by atoms with Crippen molar-refractivity contribution in [2.24, 2.45) is 0 Å². The SMILES string of the molecule is COc1ccc(C(=O)N2CCn3c(nnc3C3CCNCC3)C2)cc1. The van der Waals surface area contributed by atoms with E-state index in [1.54, 1.807) is 19.2 Å². The fourth-order valence-electron chi connectivity index (χ4n) is 3.65. The summed E-state index contributed by atoms with van der Waals surface area (Å²) in [6.45, 7) is 4.05. The highest BCUT2D eigenvalue weighted by molar-refractivity contribution is 5.94. The standard InChI is InChI=1S/C18H23N5O2/c1-25-15-4-2-14(3-5-15)18(24)22-10-11-23-16(12-22)20-21-17(23)13-6-8-19-9-7-13/h2-5,13,19H,6-12H2,1H3. The number of amides is 1. The van der Waals surface area contributed by atoms with E-state index in [1.807, 2.05) is 17.0 Å². The zero-order valence-corrected chi connectivity index (χ0v) is 14.4. The Morgan fingerprint density at radius 1 is 1.16 bits per heavy atom. The van der Waals surface area contributed by atoms with Crippen LogP contribution in [0.3, 0.4) is 0 Å². The molecule has 4 rings (SSSR count). The molecule has 0 radical (unpaired) electrons. The average molecular weight is 341 g/mol. The van der Waals surface area contributed by atoms with Crippen LogP contribution >= 0.6 is 0 Å². The van der Waals surface area contributed by atoms with Gasteiger partial charge in [-0.1, -0.05) is 0 Å². The lowest BCUT2D eigenvalue weighted by Gasteiger charge is -2.29. The number of nitrogens with one attached hydrogen (secondary N) is 1. The fourth-order valence-corrected chi connectivity index (χ4v) is 3.65. The maximum absolute atomic E-state index is 12.7. The molecule has 1 fully saturated rings. The van der Waals surface area contributed by atoms with Gasteiger partial charge in [-0.05, 0) is 50.2 Å². The van der Waals surface area contributed by atoms with Gasteiger partial charge in [0.05, 0.1) is 13.7 Å². The second kappa shape index (κ2) is 6.84. The number of fused-ring (bicyclic) bond motifs is 1. The number of benzene rings is 1. The number of hydrogen-bond donors (Lipinski definition) is 1. The number of rotatable bonds is 3. The minimum atomic E-state index is 0.0281. The Kier molecular flexibility index (Phi) is 4.40. The zero-order valence-electron chi connectivity index (χ0n) is 14.4. The summed E-state index contributed by atoms with van der Waals surface area (Å²) in [4.78, 5) is 14.6. The van der Waals surface area contributed by atoms with Gasteiger partial charge in [0, 0.05) is 24.6 Å². The van der Waals surface area contributed by atoms with Gasteiger partial charge in [-0.15, -0.1) is 10.2 Å². The molecular formula is C18H23N5O2. The molecule has 1 aromatic heterocycles. The lowest BCUT2D eigenvalue weighted by molar-refractivity contribution is 0.0706. The van der Waals surface area contributed by atoms with Crippen molar-refractivity contribution in [2.45, 2.75) is 31.8 Å². The fraction of sp³-hybridized carbons (Fsp3) is 0.500. The minimum absolute atomic E-state index is 0.0281. The van der Waals surface area contributed by atoms with Crippen LogP contribution in [0.15, 0.2) is 24.3 Å². The van der Waals surface area contributed by atoms with E-state index in [2.05, 4.69) is 20.1 Å². The van der Waals surface area contributed by atoms with Crippen molar-refractivity contribution in [1.29, 1.82) is 0 Å². The van der Waals surface area contributed by atoms with E-state index in [4.69, 9.17) is 4.74 Å². The van der Waals surface area contributed by atoms with Gasteiger partial charge in [0.25, 0.3) is 5.91 Å². The first-order valence-corrected chi connectivity index (χ1v) is 8.82. The smallest absolute Gasteiger partial charge is 0.254 e. The van der Waals surface area contributed by atoms with Crippen LogP contribution in [-0.2, 0) is 13.1 Å². The molecule has 132 valence electrons. The second-order valence-electron chi connectivity index (χ2n) is 6.61. The molecule has 0 atom stereocenters. The molecule has 1 aromatic carbocycles. The normalized spacial score (nSPS) is 18.0. The van der Waals surface area contributed by atoms with E-state index in [-0.39, 0.29) is 5.91 Å². The monoisotopic (exact) mass is 341 g/mol. The highest BCUT2D eigenvalue weighted by Crippen LogP contribution is 2.26. The van der Waals surface area contributed by atoms with Crippen LogP contribution in [-0.4, -0.2) is 52.3 Å². The first-order chi connectivity index (χ1) is 12.3. The summed E-state index contributed by atoms with van der Waals surface area (Å²) in [6.07, 6.45) is 2.21. The number of hydrogen-bond acceptors (Lipinski definition) is 5. The Balaban J connectivity index is 1.49. The number of carbonyl (C=O) groups excluding carboxylic acids is 1. The van der Waals surface area contributed by atoms with E-state index >= 15 is 0 Å². The molecule has 0 unspecified atom stereocenters. The molecule has 1 saturated heterocycles. The molecule has 3 heterocycles. The van der Waals surface area contributed by atoms with Crippen molar-refractivity contribution in [3.8, 4) is 5.75 Å². The number of nitrogens with zero attached hydrogens (tertiary/aromatic N) is 4. The molecule has 2 aliphatic rings. The first-order valence-electron chi connectivity index (χ1n) is 8.82. The summed E-state index contributed by atoms with van der Waals surface area (Å²) in [5.41, 5.74) is 0.673. The van der Waals surface area contributed by atoms with E-state index in [0.717, 1.165) is 49.9 Å². The maximum Gasteiger partial charge on any atom is 0.254 e.